The molecule has 0 radical (unpaired) electrons. The van der Waals surface area contributed by atoms with Crippen molar-refractivity contribution < 1.29 is 23.9 Å². The number of nitrogens with one attached hydrogen (secondary N) is 1. The normalized spacial score (nSPS) is 15.7. The largest absolute Gasteiger partial charge is 0.426 e. The van der Waals surface area contributed by atoms with E-state index < -0.39 is 23.8 Å². The van der Waals surface area contributed by atoms with E-state index in [1.165, 1.54) is 13.0 Å². The van der Waals surface area contributed by atoms with Crippen LogP contribution in [0.1, 0.15) is 12.5 Å². The predicted molar refractivity (Wildman–Crippen MR) is 106 cm³/mol. The van der Waals surface area contributed by atoms with Gasteiger partial charge in [0.2, 0.25) is 0 Å². The number of carbonyl (C=O) groups is 4. The number of esters is 1. The molecule has 2 aromatic rings. The number of para-hydroxylation sites is 1. The highest BCUT2D eigenvalue weighted by atomic mass is 127. The number of amides is 4. The Bertz CT molecular complexity index is 982. The third-order valence-electron chi connectivity index (χ3n) is 3.66. The van der Waals surface area contributed by atoms with Crippen LogP contribution in [0.25, 0.3) is 6.08 Å². The minimum absolute atomic E-state index is 0.204. The Morgan fingerprint density at radius 2 is 1.74 bits per heavy atom. The van der Waals surface area contributed by atoms with Crippen LogP contribution in [0.4, 0.5) is 10.5 Å². The van der Waals surface area contributed by atoms with Crippen molar-refractivity contribution >= 4 is 58.2 Å². The molecule has 1 N–H and O–H groups in total. The summed E-state index contributed by atoms with van der Waals surface area (Å²) in [5.41, 5.74) is 0.459. The maximum Gasteiger partial charge on any atom is 0.335 e. The van der Waals surface area contributed by atoms with Gasteiger partial charge in [-0.15, -0.1) is 0 Å². The fraction of sp³-hybridized carbons (Fsp3) is 0.0526. The Labute approximate surface area is 168 Å². The standard InChI is InChI=1S/C19H13IN2O5/c1-11(23)27-16-5-3-2-4-12(16)10-15-17(24)21-19(26)22(18(15)25)14-8-6-13(20)7-9-14/h2-10H,1H3,(H,21,24,26)/b15-10-. The Morgan fingerprint density at radius 1 is 1.07 bits per heavy atom. The fourth-order valence-electron chi connectivity index (χ4n) is 2.49. The zero-order chi connectivity index (χ0) is 19.6. The number of ether oxygens (including phenoxy) is 1. The number of hydrogen-bond donors (Lipinski definition) is 1. The number of benzene rings is 2. The molecule has 1 heterocycles. The second-order valence-electron chi connectivity index (χ2n) is 5.57. The number of rotatable bonds is 3. The number of imide groups is 2. The molecule has 0 spiro atoms. The second kappa shape index (κ2) is 7.70. The minimum Gasteiger partial charge on any atom is -0.426 e. The van der Waals surface area contributed by atoms with Gasteiger partial charge in [-0.3, -0.25) is 19.7 Å². The number of urea groups is 1. The van der Waals surface area contributed by atoms with Gasteiger partial charge >= 0.3 is 12.0 Å². The summed E-state index contributed by atoms with van der Waals surface area (Å²) in [6.45, 7) is 1.25. The Hall–Kier alpha value is -3.01. The lowest BCUT2D eigenvalue weighted by molar-refractivity contribution is -0.132. The highest BCUT2D eigenvalue weighted by Gasteiger charge is 2.36. The van der Waals surface area contributed by atoms with Gasteiger partial charge < -0.3 is 4.74 Å². The van der Waals surface area contributed by atoms with Gasteiger partial charge in [0.25, 0.3) is 11.8 Å². The number of halogens is 1. The summed E-state index contributed by atoms with van der Waals surface area (Å²) in [5.74, 6) is -1.90. The zero-order valence-electron chi connectivity index (χ0n) is 14.1. The lowest BCUT2D eigenvalue weighted by Gasteiger charge is -2.26. The third kappa shape index (κ3) is 4.05. The molecule has 1 saturated heterocycles. The van der Waals surface area contributed by atoms with Crippen LogP contribution < -0.4 is 15.0 Å². The van der Waals surface area contributed by atoms with E-state index in [0.717, 1.165) is 8.47 Å². The van der Waals surface area contributed by atoms with Gasteiger partial charge in [0.15, 0.2) is 0 Å². The van der Waals surface area contributed by atoms with Gasteiger partial charge in [0.05, 0.1) is 5.69 Å². The smallest absolute Gasteiger partial charge is 0.335 e. The Balaban J connectivity index is 2.02. The quantitative estimate of drug-likeness (QED) is 0.242. The minimum atomic E-state index is -0.823. The maximum absolute atomic E-state index is 12.8. The molecule has 0 aliphatic carbocycles. The first-order valence-corrected chi connectivity index (χ1v) is 8.89. The van der Waals surface area contributed by atoms with Gasteiger partial charge in [-0.25, -0.2) is 9.69 Å². The molecule has 0 unspecified atom stereocenters. The van der Waals surface area contributed by atoms with Crippen molar-refractivity contribution in [3.63, 3.8) is 0 Å². The van der Waals surface area contributed by atoms with E-state index in [9.17, 15) is 19.2 Å². The van der Waals surface area contributed by atoms with Crippen LogP contribution in [-0.4, -0.2) is 23.8 Å². The molecule has 0 saturated carbocycles. The summed E-state index contributed by atoms with van der Waals surface area (Å²) >= 11 is 2.10. The zero-order valence-corrected chi connectivity index (χ0v) is 16.2. The van der Waals surface area contributed by atoms with E-state index in [2.05, 4.69) is 27.9 Å². The molecule has 4 amide bonds. The number of carbonyl (C=O) groups excluding carboxylic acids is 4. The third-order valence-corrected chi connectivity index (χ3v) is 4.38. The number of nitrogens with zero attached hydrogens (tertiary/aromatic N) is 1. The van der Waals surface area contributed by atoms with Gasteiger partial charge in [-0.1, -0.05) is 18.2 Å². The molecule has 2 aromatic carbocycles. The van der Waals surface area contributed by atoms with Crippen molar-refractivity contribution in [1.29, 1.82) is 0 Å². The van der Waals surface area contributed by atoms with Crippen molar-refractivity contribution in [2.45, 2.75) is 6.92 Å². The molecule has 0 bridgehead atoms. The second-order valence-corrected chi connectivity index (χ2v) is 6.81. The number of barbiturate groups is 1. The molecule has 1 aliphatic heterocycles. The summed E-state index contributed by atoms with van der Waals surface area (Å²) < 4.78 is 6.03. The Morgan fingerprint density at radius 3 is 2.41 bits per heavy atom. The van der Waals surface area contributed by atoms with Gasteiger partial charge in [0, 0.05) is 16.1 Å². The lowest BCUT2D eigenvalue weighted by atomic mass is 10.1. The first-order chi connectivity index (χ1) is 12.9. The molecular formula is C19H13IN2O5. The molecule has 3 rings (SSSR count). The lowest BCUT2D eigenvalue weighted by Crippen LogP contribution is -2.54. The van der Waals surface area contributed by atoms with Crippen molar-refractivity contribution in [3.05, 3.63) is 63.2 Å². The molecular weight excluding hydrogens is 463 g/mol. The van der Waals surface area contributed by atoms with E-state index in [1.807, 2.05) is 0 Å². The summed E-state index contributed by atoms with van der Waals surface area (Å²) in [6, 6.07) is 12.4. The summed E-state index contributed by atoms with van der Waals surface area (Å²) in [7, 11) is 0. The maximum atomic E-state index is 12.8. The van der Waals surface area contributed by atoms with E-state index in [1.54, 1.807) is 48.5 Å². The molecule has 27 heavy (non-hydrogen) atoms. The predicted octanol–water partition coefficient (Wildman–Crippen LogP) is 2.88. The van der Waals surface area contributed by atoms with E-state index >= 15 is 0 Å². The average Bonchev–Trinajstić information content (AvgIpc) is 2.61. The monoisotopic (exact) mass is 476 g/mol. The van der Waals surface area contributed by atoms with E-state index in [0.29, 0.717) is 11.3 Å². The first-order valence-electron chi connectivity index (χ1n) is 7.81. The van der Waals surface area contributed by atoms with Crippen LogP contribution in [0.2, 0.25) is 0 Å². The molecule has 8 heteroatoms. The van der Waals surface area contributed by atoms with Gasteiger partial charge in [-0.05, 0) is 59.0 Å². The molecule has 1 aliphatic rings. The molecule has 0 aromatic heterocycles. The SMILES string of the molecule is CC(=O)Oc1ccccc1/C=C1/C(=O)NC(=O)N(c2ccc(I)cc2)C1=O. The number of hydrogen-bond acceptors (Lipinski definition) is 5. The van der Waals surface area contributed by atoms with Crippen LogP contribution in [0.3, 0.4) is 0 Å². The molecule has 1 fully saturated rings. The number of anilines is 1. The van der Waals surface area contributed by atoms with Gasteiger partial charge in [-0.2, -0.15) is 0 Å². The highest BCUT2D eigenvalue weighted by molar-refractivity contribution is 14.1. The van der Waals surface area contributed by atoms with Crippen molar-refractivity contribution in [3.8, 4) is 5.75 Å². The molecule has 136 valence electrons. The van der Waals surface area contributed by atoms with E-state index in [4.69, 9.17) is 4.74 Å². The van der Waals surface area contributed by atoms with Crippen LogP contribution in [0, 0.1) is 3.57 Å². The Kier molecular flexibility index (Phi) is 5.36. The van der Waals surface area contributed by atoms with Crippen LogP contribution in [0.15, 0.2) is 54.1 Å². The van der Waals surface area contributed by atoms with Crippen LogP contribution in [-0.2, 0) is 14.4 Å². The van der Waals surface area contributed by atoms with Gasteiger partial charge in [0.1, 0.15) is 11.3 Å². The summed E-state index contributed by atoms with van der Waals surface area (Å²) in [6.07, 6.45) is 1.29. The van der Waals surface area contributed by atoms with Crippen molar-refractivity contribution in [2.24, 2.45) is 0 Å². The topological polar surface area (TPSA) is 92.8 Å². The fourth-order valence-corrected chi connectivity index (χ4v) is 2.84. The average molecular weight is 476 g/mol. The molecule has 7 nitrogen and oxygen atoms in total. The van der Waals surface area contributed by atoms with Crippen molar-refractivity contribution in [2.75, 3.05) is 4.90 Å². The highest BCUT2D eigenvalue weighted by Crippen LogP contribution is 2.26. The van der Waals surface area contributed by atoms with Crippen LogP contribution >= 0.6 is 22.6 Å². The van der Waals surface area contributed by atoms with Crippen LogP contribution in [0.5, 0.6) is 5.75 Å². The molecule has 0 atom stereocenters. The summed E-state index contributed by atoms with van der Waals surface area (Å²) in [5, 5.41) is 2.15. The first kappa shape index (κ1) is 18.8. The summed E-state index contributed by atoms with van der Waals surface area (Å²) in [4.78, 5) is 49.4. The van der Waals surface area contributed by atoms with E-state index in [-0.39, 0.29) is 11.3 Å². The van der Waals surface area contributed by atoms with Crippen molar-refractivity contribution in [1.82, 2.24) is 5.32 Å².